The van der Waals surface area contributed by atoms with E-state index in [-0.39, 0.29) is 6.10 Å². The second kappa shape index (κ2) is 5.46. The molecule has 0 aromatic carbocycles. The molecule has 2 N–H and O–H groups in total. The summed E-state index contributed by atoms with van der Waals surface area (Å²) in [4.78, 5) is 0. The third-order valence-corrected chi connectivity index (χ3v) is 3.31. The minimum atomic E-state index is -0.150. The van der Waals surface area contributed by atoms with Crippen molar-refractivity contribution < 1.29 is 5.11 Å². The Bertz CT molecular complexity index is 324. The lowest BCUT2D eigenvalue weighted by atomic mass is 9.92. The predicted octanol–water partition coefficient (Wildman–Crippen LogP) is 0.856. The van der Waals surface area contributed by atoms with E-state index in [1.165, 1.54) is 18.4 Å². The molecule has 0 bridgehead atoms. The first-order valence-corrected chi connectivity index (χ1v) is 6.14. The molecule has 1 aromatic rings. The molecule has 0 spiro atoms. The fourth-order valence-electron chi connectivity index (χ4n) is 2.35. The highest BCUT2D eigenvalue weighted by Crippen LogP contribution is 2.18. The lowest BCUT2D eigenvalue weighted by Crippen LogP contribution is -2.42. The van der Waals surface area contributed by atoms with Crippen LogP contribution in [0, 0.1) is 0 Å². The molecule has 0 radical (unpaired) electrons. The zero-order valence-corrected chi connectivity index (χ0v) is 9.89. The Morgan fingerprint density at radius 1 is 1.50 bits per heavy atom. The summed E-state index contributed by atoms with van der Waals surface area (Å²) in [5.41, 5.74) is 1.25. The lowest BCUT2D eigenvalue weighted by Gasteiger charge is -2.28. The fourth-order valence-corrected chi connectivity index (χ4v) is 2.35. The van der Waals surface area contributed by atoms with Gasteiger partial charge in [-0.25, -0.2) is 0 Å². The summed E-state index contributed by atoms with van der Waals surface area (Å²) in [7, 11) is 1.93. The average molecular weight is 223 g/mol. The molecule has 90 valence electrons. The molecule has 4 nitrogen and oxygen atoms in total. The quantitative estimate of drug-likeness (QED) is 0.796. The highest BCUT2D eigenvalue weighted by atomic mass is 16.3. The maximum atomic E-state index is 9.79. The average Bonchev–Trinajstić information content (AvgIpc) is 2.67. The monoisotopic (exact) mass is 223 g/mol. The van der Waals surface area contributed by atoms with E-state index in [0.29, 0.717) is 6.04 Å². The molecule has 1 fully saturated rings. The fraction of sp³-hybridized carbons (Fsp3) is 0.750. The van der Waals surface area contributed by atoms with Gasteiger partial charge < -0.3 is 10.4 Å². The number of aliphatic hydroxyl groups is 1. The zero-order chi connectivity index (χ0) is 11.4. The molecule has 1 aromatic heterocycles. The van der Waals surface area contributed by atoms with Crippen molar-refractivity contribution in [3.8, 4) is 0 Å². The maximum absolute atomic E-state index is 9.79. The van der Waals surface area contributed by atoms with Crippen molar-refractivity contribution in [3.63, 3.8) is 0 Å². The van der Waals surface area contributed by atoms with E-state index < -0.39 is 0 Å². The van der Waals surface area contributed by atoms with Crippen LogP contribution in [0.5, 0.6) is 0 Å². The van der Waals surface area contributed by atoms with Gasteiger partial charge in [-0.1, -0.05) is 12.8 Å². The van der Waals surface area contributed by atoms with Crippen LogP contribution < -0.4 is 5.32 Å². The summed E-state index contributed by atoms with van der Waals surface area (Å²) in [6.07, 6.45) is 9.24. The first-order chi connectivity index (χ1) is 7.75. The molecule has 1 heterocycles. The smallest absolute Gasteiger partial charge is 0.0693 e. The van der Waals surface area contributed by atoms with Crippen LogP contribution >= 0.6 is 0 Å². The largest absolute Gasteiger partial charge is 0.392 e. The van der Waals surface area contributed by atoms with E-state index in [4.69, 9.17) is 0 Å². The van der Waals surface area contributed by atoms with Crippen LogP contribution in [0.2, 0.25) is 0 Å². The van der Waals surface area contributed by atoms with Gasteiger partial charge in [0.2, 0.25) is 0 Å². The van der Waals surface area contributed by atoms with Crippen LogP contribution in [-0.4, -0.2) is 33.6 Å². The molecule has 1 saturated carbocycles. The lowest BCUT2D eigenvalue weighted by molar-refractivity contribution is 0.0914. The normalized spacial score (nSPS) is 25.9. The molecular weight excluding hydrogens is 202 g/mol. The Hall–Kier alpha value is -0.870. The number of rotatable bonds is 4. The van der Waals surface area contributed by atoms with Crippen LogP contribution in [0.4, 0.5) is 0 Å². The molecule has 1 aliphatic rings. The van der Waals surface area contributed by atoms with E-state index in [2.05, 4.69) is 10.4 Å². The van der Waals surface area contributed by atoms with Crippen molar-refractivity contribution in [2.24, 2.45) is 7.05 Å². The Morgan fingerprint density at radius 2 is 2.31 bits per heavy atom. The number of nitrogens with zero attached hydrogens (tertiary/aromatic N) is 2. The number of hydrogen-bond acceptors (Lipinski definition) is 3. The number of nitrogens with one attached hydrogen (secondary N) is 1. The van der Waals surface area contributed by atoms with E-state index in [1.54, 1.807) is 0 Å². The Kier molecular flexibility index (Phi) is 3.96. The molecule has 0 saturated heterocycles. The highest BCUT2D eigenvalue weighted by Gasteiger charge is 2.21. The number of aliphatic hydroxyl groups excluding tert-OH is 1. The molecule has 2 atom stereocenters. The Balaban J connectivity index is 1.71. The molecule has 2 rings (SSSR count). The first kappa shape index (κ1) is 11.6. The first-order valence-electron chi connectivity index (χ1n) is 6.14. The van der Waals surface area contributed by atoms with Gasteiger partial charge >= 0.3 is 0 Å². The van der Waals surface area contributed by atoms with Crippen molar-refractivity contribution in [1.29, 1.82) is 0 Å². The number of aromatic nitrogens is 2. The highest BCUT2D eigenvalue weighted by molar-refractivity contribution is 5.04. The molecular formula is C12H21N3O. The summed E-state index contributed by atoms with van der Waals surface area (Å²) < 4.78 is 1.82. The molecule has 0 amide bonds. The van der Waals surface area contributed by atoms with Crippen LogP contribution in [0.1, 0.15) is 31.2 Å². The van der Waals surface area contributed by atoms with Gasteiger partial charge in [-0.15, -0.1) is 0 Å². The molecule has 0 aliphatic heterocycles. The van der Waals surface area contributed by atoms with Gasteiger partial charge in [0.1, 0.15) is 0 Å². The van der Waals surface area contributed by atoms with Crippen molar-refractivity contribution in [3.05, 3.63) is 18.0 Å². The number of hydrogen-bond donors (Lipinski definition) is 2. The summed E-state index contributed by atoms with van der Waals surface area (Å²) >= 11 is 0. The Labute approximate surface area is 96.7 Å². The van der Waals surface area contributed by atoms with E-state index in [9.17, 15) is 5.11 Å². The van der Waals surface area contributed by atoms with Gasteiger partial charge in [-0.2, -0.15) is 5.10 Å². The van der Waals surface area contributed by atoms with Gasteiger partial charge in [0.25, 0.3) is 0 Å². The van der Waals surface area contributed by atoms with Crippen molar-refractivity contribution >= 4 is 0 Å². The standard InChI is InChI=1S/C12H21N3O/c1-15-9-10(8-14-15)6-7-13-11-4-2-3-5-12(11)16/h8-9,11-13,16H,2-7H2,1H3/t11-,12-/m0/s1. The topological polar surface area (TPSA) is 50.1 Å². The second-order valence-corrected chi connectivity index (χ2v) is 4.68. The predicted molar refractivity (Wildman–Crippen MR) is 63.2 cm³/mol. The van der Waals surface area contributed by atoms with E-state index in [1.807, 2.05) is 24.1 Å². The Morgan fingerprint density at radius 3 is 3.00 bits per heavy atom. The molecule has 16 heavy (non-hydrogen) atoms. The van der Waals surface area contributed by atoms with E-state index in [0.717, 1.165) is 25.8 Å². The van der Waals surface area contributed by atoms with Gasteiger partial charge in [0.05, 0.1) is 12.3 Å². The van der Waals surface area contributed by atoms with Crippen LogP contribution in [-0.2, 0) is 13.5 Å². The molecule has 1 aliphatic carbocycles. The van der Waals surface area contributed by atoms with Gasteiger partial charge in [-0.05, 0) is 31.4 Å². The second-order valence-electron chi connectivity index (χ2n) is 4.68. The summed E-state index contributed by atoms with van der Waals surface area (Å²) in [6.45, 7) is 0.924. The number of aryl methyl sites for hydroxylation is 1. The van der Waals surface area contributed by atoms with E-state index >= 15 is 0 Å². The van der Waals surface area contributed by atoms with Gasteiger partial charge in [-0.3, -0.25) is 4.68 Å². The van der Waals surface area contributed by atoms with Crippen LogP contribution in [0.3, 0.4) is 0 Å². The SMILES string of the molecule is Cn1cc(CCN[C@H]2CCCC[C@@H]2O)cn1. The van der Waals surface area contributed by atoms with Crippen molar-refractivity contribution in [2.75, 3.05) is 6.54 Å². The molecule has 0 unspecified atom stereocenters. The van der Waals surface area contributed by atoms with Gasteiger partial charge in [0, 0.05) is 19.3 Å². The maximum Gasteiger partial charge on any atom is 0.0693 e. The van der Waals surface area contributed by atoms with Crippen LogP contribution in [0.15, 0.2) is 12.4 Å². The minimum Gasteiger partial charge on any atom is -0.392 e. The third kappa shape index (κ3) is 3.06. The molecule has 4 heteroatoms. The van der Waals surface area contributed by atoms with Gasteiger partial charge in [0.15, 0.2) is 0 Å². The van der Waals surface area contributed by atoms with Crippen molar-refractivity contribution in [1.82, 2.24) is 15.1 Å². The zero-order valence-electron chi connectivity index (χ0n) is 9.89. The van der Waals surface area contributed by atoms with Crippen LogP contribution in [0.25, 0.3) is 0 Å². The summed E-state index contributed by atoms with van der Waals surface area (Å²) in [6, 6.07) is 0.297. The summed E-state index contributed by atoms with van der Waals surface area (Å²) in [5, 5.41) is 17.4. The van der Waals surface area contributed by atoms with Crippen molar-refractivity contribution in [2.45, 2.75) is 44.2 Å². The summed E-state index contributed by atoms with van der Waals surface area (Å²) in [5.74, 6) is 0. The minimum absolute atomic E-state index is 0.150. The third-order valence-electron chi connectivity index (χ3n) is 3.31.